The van der Waals surface area contributed by atoms with E-state index in [0.717, 1.165) is 52.6 Å². The molecule has 2 fully saturated rings. The zero-order valence-electron chi connectivity index (χ0n) is 31.3. The second-order valence-electron chi connectivity index (χ2n) is 13.3. The summed E-state index contributed by atoms with van der Waals surface area (Å²) in [5, 5.41) is 8.98. The molecule has 1 spiro atoms. The minimum absolute atomic E-state index is 0.00229. The van der Waals surface area contributed by atoms with Gasteiger partial charge in [0.15, 0.2) is 0 Å². The Balaban J connectivity index is 0.000000378. The molecule has 296 valence electrons. The van der Waals surface area contributed by atoms with Crippen molar-refractivity contribution < 1.29 is 27.4 Å². The fourth-order valence-electron chi connectivity index (χ4n) is 6.79. The number of pyridine rings is 2. The van der Waals surface area contributed by atoms with Crippen LogP contribution in [0, 0.1) is 0 Å². The molecule has 8 rings (SSSR count). The van der Waals surface area contributed by atoms with Crippen LogP contribution in [-0.2, 0) is 42.6 Å². The lowest BCUT2D eigenvalue weighted by molar-refractivity contribution is -0.150. The van der Waals surface area contributed by atoms with E-state index < -0.39 is 28.9 Å². The first-order valence-corrected chi connectivity index (χ1v) is 18.7. The van der Waals surface area contributed by atoms with Gasteiger partial charge in [0, 0.05) is 56.0 Å². The van der Waals surface area contributed by atoms with E-state index >= 15 is 0 Å². The lowest BCUT2D eigenvalue weighted by Gasteiger charge is -2.44. The average molecular weight is 815 g/mol. The number of aromatic nitrogens is 4. The smallest absolute Gasteiger partial charge is 0.433 e. The van der Waals surface area contributed by atoms with Gasteiger partial charge >= 0.3 is 11.9 Å². The molecule has 2 aliphatic heterocycles. The summed E-state index contributed by atoms with van der Waals surface area (Å²) in [6, 6.07) is 13.0. The standard InChI is InChI=1S/C31H24Cl2F3N5O3.C6H10N2O2.C2H6/c1-40-22-14-23(31(34,35)36)39-27(24(22)29(42)41(2)30(40)43)37-20-12-6-10-18(26(20)33)17-9-5-11-19(25(17)32)21-13-15-7-4-8-16(15)28(38-21)44-3;9-5-1-10-6(4-8-5)2-7-3-6;1-2/h5-6,9-14H,4,7-8H2,1-3H3,(H,37,39);7H,1-4H2,(H,8,9);1-2H3. The fourth-order valence-corrected chi connectivity index (χ4v) is 7.39. The highest BCUT2D eigenvalue weighted by molar-refractivity contribution is 6.39. The van der Waals surface area contributed by atoms with E-state index in [4.69, 9.17) is 37.7 Å². The van der Waals surface area contributed by atoms with Gasteiger partial charge in [-0.3, -0.25) is 18.7 Å². The van der Waals surface area contributed by atoms with Gasteiger partial charge in [0.2, 0.25) is 11.8 Å². The topological polar surface area (TPSA) is 141 Å². The first kappa shape index (κ1) is 40.7. The van der Waals surface area contributed by atoms with Crippen LogP contribution in [-0.4, -0.2) is 64.0 Å². The molecule has 0 saturated carbocycles. The first-order valence-electron chi connectivity index (χ1n) is 17.9. The summed E-state index contributed by atoms with van der Waals surface area (Å²) in [6.07, 6.45) is -2.03. The molecule has 5 aromatic rings. The maximum absolute atomic E-state index is 13.8. The van der Waals surface area contributed by atoms with E-state index in [9.17, 15) is 27.6 Å². The fraction of sp³-hybridized carbons (Fsp3) is 0.359. The Morgan fingerprint density at radius 1 is 0.911 bits per heavy atom. The molecular weight excluding hydrogens is 774 g/mol. The lowest BCUT2D eigenvalue weighted by Crippen LogP contribution is -2.69. The number of halogens is 5. The number of nitrogens with zero attached hydrogens (tertiary/aromatic N) is 4. The van der Waals surface area contributed by atoms with Crippen molar-refractivity contribution in [1.82, 2.24) is 29.7 Å². The van der Waals surface area contributed by atoms with E-state index in [0.29, 0.717) is 45.9 Å². The molecule has 3 N–H and O–H groups in total. The number of aryl methyl sites for hydroxylation is 2. The second kappa shape index (κ2) is 16.3. The van der Waals surface area contributed by atoms with Gasteiger partial charge in [-0.15, -0.1) is 0 Å². The number of carbonyl (C=O) groups is 1. The zero-order chi connectivity index (χ0) is 40.5. The van der Waals surface area contributed by atoms with Gasteiger partial charge in [-0.2, -0.15) is 13.2 Å². The number of morpholine rings is 1. The Hall–Kier alpha value is -4.96. The summed E-state index contributed by atoms with van der Waals surface area (Å²) >= 11 is 13.8. The van der Waals surface area contributed by atoms with Gasteiger partial charge in [-0.1, -0.05) is 67.4 Å². The van der Waals surface area contributed by atoms with Crippen LogP contribution in [0.3, 0.4) is 0 Å². The van der Waals surface area contributed by atoms with E-state index in [-0.39, 0.29) is 39.7 Å². The van der Waals surface area contributed by atoms with Gasteiger partial charge in [0.25, 0.3) is 5.56 Å². The summed E-state index contributed by atoms with van der Waals surface area (Å²) < 4.78 is 54.2. The van der Waals surface area contributed by atoms with Crippen molar-refractivity contribution in [3.8, 4) is 28.3 Å². The largest absolute Gasteiger partial charge is 0.481 e. The Labute approximate surface area is 330 Å². The van der Waals surface area contributed by atoms with Crippen molar-refractivity contribution >= 4 is 51.5 Å². The predicted octanol–water partition coefficient (Wildman–Crippen LogP) is 6.43. The van der Waals surface area contributed by atoms with Crippen LogP contribution < -0.4 is 31.9 Å². The zero-order valence-corrected chi connectivity index (χ0v) is 32.8. The monoisotopic (exact) mass is 813 g/mol. The van der Waals surface area contributed by atoms with Crippen LogP contribution >= 0.6 is 23.2 Å². The highest BCUT2D eigenvalue weighted by Crippen LogP contribution is 2.43. The molecule has 56 heavy (non-hydrogen) atoms. The van der Waals surface area contributed by atoms with Crippen molar-refractivity contribution in [2.24, 2.45) is 14.1 Å². The van der Waals surface area contributed by atoms with E-state index in [1.807, 2.05) is 26.0 Å². The van der Waals surface area contributed by atoms with Crippen molar-refractivity contribution in [1.29, 1.82) is 0 Å². The van der Waals surface area contributed by atoms with E-state index in [2.05, 4.69) is 20.9 Å². The number of hydrogen-bond donors (Lipinski definition) is 3. The maximum Gasteiger partial charge on any atom is 0.433 e. The first-order chi connectivity index (χ1) is 26.7. The van der Waals surface area contributed by atoms with Crippen molar-refractivity contribution in [2.75, 3.05) is 38.7 Å². The molecule has 2 saturated heterocycles. The van der Waals surface area contributed by atoms with Gasteiger partial charge < -0.3 is 25.4 Å². The number of rotatable bonds is 5. The number of amides is 1. The minimum atomic E-state index is -4.85. The van der Waals surface area contributed by atoms with Crippen LogP contribution in [0.4, 0.5) is 24.7 Å². The molecule has 1 aliphatic carbocycles. The number of anilines is 2. The molecule has 2 aromatic carbocycles. The van der Waals surface area contributed by atoms with Gasteiger partial charge in [0.05, 0.1) is 34.1 Å². The number of benzene rings is 2. The number of fused-ring (bicyclic) bond motifs is 2. The van der Waals surface area contributed by atoms with Crippen LogP contribution in [0.25, 0.3) is 33.3 Å². The van der Waals surface area contributed by atoms with Crippen molar-refractivity contribution in [2.45, 2.75) is 44.9 Å². The molecule has 0 atom stereocenters. The third-order valence-corrected chi connectivity index (χ3v) is 10.6. The van der Waals surface area contributed by atoms with E-state index in [1.54, 1.807) is 31.4 Å². The molecule has 12 nitrogen and oxygen atoms in total. The summed E-state index contributed by atoms with van der Waals surface area (Å²) in [7, 11) is 4.10. The normalized spacial score (nSPS) is 15.5. The Morgan fingerprint density at radius 3 is 2.21 bits per heavy atom. The molecule has 0 bridgehead atoms. The lowest BCUT2D eigenvalue weighted by atomic mass is 9.96. The number of nitrogens with one attached hydrogen (secondary N) is 3. The quantitative estimate of drug-likeness (QED) is 0.183. The summed E-state index contributed by atoms with van der Waals surface area (Å²) in [5.74, 6) is 0.155. The van der Waals surface area contributed by atoms with Gasteiger partial charge in [0.1, 0.15) is 29.1 Å². The molecule has 1 amide bonds. The van der Waals surface area contributed by atoms with Crippen molar-refractivity contribution in [3.63, 3.8) is 0 Å². The maximum atomic E-state index is 13.8. The minimum Gasteiger partial charge on any atom is -0.481 e. The molecule has 3 aliphatic rings. The summed E-state index contributed by atoms with van der Waals surface area (Å²) in [6.45, 7) is 6.63. The van der Waals surface area contributed by atoms with Crippen LogP contribution in [0.1, 0.15) is 37.1 Å². The van der Waals surface area contributed by atoms with Gasteiger partial charge in [-0.25, -0.2) is 14.8 Å². The number of ether oxygens (including phenoxy) is 2. The summed E-state index contributed by atoms with van der Waals surface area (Å²) in [4.78, 5) is 44.7. The SMILES string of the molecule is CC.COc1nc(-c2cccc(-c3cccc(Nc4nc(C(F)(F)F)cc5c4c(=O)n(C)c(=O)n5C)c3Cl)c2Cl)cc2c1CCC2.O=C1COC2(CNC2)CN1. The molecule has 3 aromatic heterocycles. The van der Waals surface area contributed by atoms with Crippen LogP contribution in [0.2, 0.25) is 10.0 Å². The Kier molecular flexibility index (Phi) is 11.8. The van der Waals surface area contributed by atoms with E-state index in [1.165, 1.54) is 20.2 Å². The average Bonchev–Trinajstić information content (AvgIpc) is 3.66. The number of hydrogen-bond acceptors (Lipinski definition) is 9. The van der Waals surface area contributed by atoms with Crippen LogP contribution in [0.5, 0.6) is 5.88 Å². The third kappa shape index (κ3) is 7.73. The Bertz CT molecular complexity index is 2440. The number of methoxy groups -OCH3 is 1. The van der Waals surface area contributed by atoms with Gasteiger partial charge in [-0.05, 0) is 43.0 Å². The molecule has 17 heteroatoms. The molecule has 0 radical (unpaired) electrons. The molecular formula is C39H40Cl2F3N7O5. The highest BCUT2D eigenvalue weighted by Gasteiger charge is 2.41. The summed E-state index contributed by atoms with van der Waals surface area (Å²) in [5.41, 5.74) is 1.58. The van der Waals surface area contributed by atoms with Crippen molar-refractivity contribution in [3.05, 3.63) is 96.2 Å². The van der Waals surface area contributed by atoms with Crippen LogP contribution in [0.15, 0.2) is 58.1 Å². The predicted molar refractivity (Wildman–Crippen MR) is 210 cm³/mol. The highest BCUT2D eigenvalue weighted by atomic mass is 35.5. The Morgan fingerprint density at radius 2 is 1.59 bits per heavy atom. The number of alkyl halides is 3. The third-order valence-electron chi connectivity index (χ3n) is 9.82. The molecule has 5 heterocycles. The number of carbonyl (C=O) groups excluding carboxylic acids is 1. The second-order valence-corrected chi connectivity index (χ2v) is 14.0. The molecule has 0 unspecified atom stereocenters.